The maximum absolute atomic E-state index is 12.2. The summed E-state index contributed by atoms with van der Waals surface area (Å²) in [6.45, 7) is 2.29. The van der Waals surface area contributed by atoms with E-state index in [1.807, 2.05) is 6.92 Å². The van der Waals surface area contributed by atoms with Gasteiger partial charge < -0.3 is 14.8 Å². The van der Waals surface area contributed by atoms with E-state index < -0.39 is 5.91 Å². The first-order valence-electron chi connectivity index (χ1n) is 6.23. The Balaban J connectivity index is 2.21. The lowest BCUT2D eigenvalue weighted by Crippen LogP contribution is -2.15. The molecule has 2 rings (SSSR count). The van der Waals surface area contributed by atoms with E-state index >= 15 is 0 Å². The van der Waals surface area contributed by atoms with Crippen molar-refractivity contribution in [2.45, 2.75) is 6.92 Å². The number of amides is 1. The molecule has 1 N–H and O–H groups in total. The Morgan fingerprint density at radius 3 is 2.86 bits per heavy atom. The molecule has 0 saturated carbocycles. The first-order valence-corrected chi connectivity index (χ1v) is 6.61. The summed E-state index contributed by atoms with van der Waals surface area (Å²) >= 11 is 5.92. The third kappa shape index (κ3) is 3.82. The molecule has 21 heavy (non-hydrogen) atoms. The molecule has 0 saturated heterocycles. The summed E-state index contributed by atoms with van der Waals surface area (Å²) in [5.41, 5.74) is 0.655. The van der Waals surface area contributed by atoms with Crippen molar-refractivity contribution in [1.29, 1.82) is 0 Å². The fraction of sp³-hybridized carbons (Fsp3) is 0.214. The number of hydrogen-bond acceptors (Lipinski definition) is 5. The van der Waals surface area contributed by atoms with E-state index in [1.165, 1.54) is 19.5 Å². The summed E-state index contributed by atoms with van der Waals surface area (Å²) in [6, 6.07) is 6.41. The van der Waals surface area contributed by atoms with E-state index in [1.54, 1.807) is 18.2 Å². The molecule has 0 spiro atoms. The first kappa shape index (κ1) is 15.1. The third-order valence-corrected chi connectivity index (χ3v) is 2.81. The minimum atomic E-state index is -0.404. The first-order chi connectivity index (χ1) is 10.1. The summed E-state index contributed by atoms with van der Waals surface area (Å²) in [5, 5.41) is 3.18. The fourth-order valence-electron chi connectivity index (χ4n) is 1.65. The number of hydrogen-bond donors (Lipinski definition) is 1. The molecule has 0 atom stereocenters. The van der Waals surface area contributed by atoms with E-state index in [0.717, 1.165) is 0 Å². The molecule has 1 heterocycles. The average Bonchev–Trinajstić information content (AvgIpc) is 2.48. The summed E-state index contributed by atoms with van der Waals surface area (Å²) in [6.07, 6.45) is 1.27. The minimum Gasteiger partial charge on any atom is -0.495 e. The number of carbonyl (C=O) groups is 1. The van der Waals surface area contributed by atoms with Crippen molar-refractivity contribution in [3.63, 3.8) is 0 Å². The van der Waals surface area contributed by atoms with Crippen LogP contribution in [0.2, 0.25) is 5.02 Å². The molecule has 6 nitrogen and oxygen atoms in total. The molecule has 0 bridgehead atoms. The van der Waals surface area contributed by atoms with Gasteiger partial charge in [0, 0.05) is 11.1 Å². The number of aromatic nitrogens is 2. The van der Waals surface area contributed by atoms with E-state index in [4.69, 9.17) is 21.1 Å². The normalized spacial score (nSPS) is 10.0. The van der Waals surface area contributed by atoms with Crippen LogP contribution in [0, 0.1) is 0 Å². The minimum absolute atomic E-state index is 0.190. The Kier molecular flexibility index (Phi) is 4.94. The zero-order valence-electron chi connectivity index (χ0n) is 11.6. The highest BCUT2D eigenvalue weighted by Gasteiger charge is 2.12. The van der Waals surface area contributed by atoms with Gasteiger partial charge in [-0.05, 0) is 25.1 Å². The molecule has 7 heteroatoms. The highest BCUT2D eigenvalue weighted by molar-refractivity contribution is 6.31. The van der Waals surface area contributed by atoms with Gasteiger partial charge in [-0.1, -0.05) is 11.6 Å². The second kappa shape index (κ2) is 6.90. The molecule has 110 valence electrons. The zero-order valence-corrected chi connectivity index (χ0v) is 12.3. The molecule has 1 amide bonds. The van der Waals surface area contributed by atoms with Gasteiger partial charge in [0.2, 0.25) is 5.88 Å². The van der Waals surface area contributed by atoms with Gasteiger partial charge in [-0.2, -0.15) is 0 Å². The van der Waals surface area contributed by atoms with E-state index in [9.17, 15) is 4.79 Å². The lowest BCUT2D eigenvalue weighted by atomic mass is 10.2. The highest BCUT2D eigenvalue weighted by atomic mass is 35.5. The van der Waals surface area contributed by atoms with Crippen LogP contribution < -0.4 is 14.8 Å². The molecule has 0 unspecified atom stereocenters. The molecule has 1 aromatic carbocycles. The molecule has 0 aliphatic heterocycles. The zero-order chi connectivity index (χ0) is 15.2. The molecule has 0 aliphatic carbocycles. The van der Waals surface area contributed by atoms with Crippen LogP contribution in [0.3, 0.4) is 0 Å². The van der Waals surface area contributed by atoms with Gasteiger partial charge in [-0.3, -0.25) is 4.79 Å². The molecule has 0 aliphatic rings. The molecule has 0 fully saturated rings. The number of halogens is 1. The fourth-order valence-corrected chi connectivity index (χ4v) is 1.83. The van der Waals surface area contributed by atoms with Gasteiger partial charge in [-0.25, -0.2) is 9.97 Å². The number of anilines is 1. The van der Waals surface area contributed by atoms with Crippen molar-refractivity contribution in [3.05, 3.63) is 41.3 Å². The number of benzene rings is 1. The van der Waals surface area contributed by atoms with E-state index in [-0.39, 0.29) is 5.69 Å². The van der Waals surface area contributed by atoms with Crippen LogP contribution in [0.25, 0.3) is 0 Å². The predicted octanol–water partition coefficient (Wildman–Crippen LogP) is 2.79. The SMILES string of the molecule is CCOc1cc(C(=O)Nc2cc(Cl)ccc2OC)ncn1. The molecule has 2 aromatic rings. The van der Waals surface area contributed by atoms with E-state index in [2.05, 4.69) is 15.3 Å². The number of carbonyl (C=O) groups excluding carboxylic acids is 1. The lowest BCUT2D eigenvalue weighted by Gasteiger charge is -2.10. The van der Waals surface area contributed by atoms with Crippen LogP contribution in [-0.4, -0.2) is 29.6 Å². The van der Waals surface area contributed by atoms with Gasteiger partial charge in [-0.15, -0.1) is 0 Å². The number of nitrogens with zero attached hydrogens (tertiary/aromatic N) is 2. The number of ether oxygens (including phenoxy) is 2. The molecular weight excluding hydrogens is 294 g/mol. The van der Waals surface area contributed by atoms with Crippen LogP contribution in [0.15, 0.2) is 30.6 Å². The van der Waals surface area contributed by atoms with Crippen molar-refractivity contribution in [2.75, 3.05) is 19.0 Å². The van der Waals surface area contributed by atoms with Gasteiger partial charge >= 0.3 is 0 Å². The van der Waals surface area contributed by atoms with Crippen LogP contribution >= 0.6 is 11.6 Å². The summed E-state index contributed by atoms with van der Waals surface area (Å²) in [5.74, 6) is 0.446. The summed E-state index contributed by atoms with van der Waals surface area (Å²) in [7, 11) is 1.51. The molecule has 0 radical (unpaired) electrons. The van der Waals surface area contributed by atoms with Gasteiger partial charge in [0.25, 0.3) is 5.91 Å². The number of methoxy groups -OCH3 is 1. The predicted molar refractivity (Wildman–Crippen MR) is 79.2 cm³/mol. The second-order valence-corrected chi connectivity index (χ2v) is 4.41. The lowest BCUT2D eigenvalue weighted by molar-refractivity contribution is 0.102. The second-order valence-electron chi connectivity index (χ2n) is 3.97. The summed E-state index contributed by atoms with van der Waals surface area (Å²) < 4.78 is 10.4. The quantitative estimate of drug-likeness (QED) is 0.919. The average molecular weight is 308 g/mol. The van der Waals surface area contributed by atoms with Crippen LogP contribution in [0.4, 0.5) is 5.69 Å². The Hall–Kier alpha value is -2.34. The Bertz CT molecular complexity index is 649. The van der Waals surface area contributed by atoms with Gasteiger partial charge in [0.05, 0.1) is 19.4 Å². The van der Waals surface area contributed by atoms with Gasteiger partial charge in [0.1, 0.15) is 17.8 Å². The van der Waals surface area contributed by atoms with Gasteiger partial charge in [0.15, 0.2) is 0 Å². The standard InChI is InChI=1S/C14H14ClN3O3/c1-3-21-13-7-11(16-8-17-13)14(19)18-10-6-9(15)4-5-12(10)20-2/h4-8H,3H2,1-2H3,(H,18,19). The van der Waals surface area contributed by atoms with Crippen molar-refractivity contribution >= 4 is 23.2 Å². The highest BCUT2D eigenvalue weighted by Crippen LogP contribution is 2.28. The van der Waals surface area contributed by atoms with Crippen molar-refractivity contribution in [2.24, 2.45) is 0 Å². The van der Waals surface area contributed by atoms with E-state index in [0.29, 0.717) is 28.9 Å². The Morgan fingerprint density at radius 2 is 2.14 bits per heavy atom. The number of nitrogens with one attached hydrogen (secondary N) is 1. The van der Waals surface area contributed by atoms with Crippen LogP contribution in [0.5, 0.6) is 11.6 Å². The van der Waals surface area contributed by atoms with Crippen LogP contribution in [-0.2, 0) is 0 Å². The molecular formula is C14H14ClN3O3. The summed E-state index contributed by atoms with van der Waals surface area (Å²) in [4.78, 5) is 20.0. The Morgan fingerprint density at radius 1 is 1.33 bits per heavy atom. The smallest absolute Gasteiger partial charge is 0.274 e. The Labute approximate surface area is 127 Å². The maximum atomic E-state index is 12.2. The number of rotatable bonds is 5. The topological polar surface area (TPSA) is 73.3 Å². The molecule has 1 aromatic heterocycles. The van der Waals surface area contributed by atoms with Crippen molar-refractivity contribution < 1.29 is 14.3 Å². The van der Waals surface area contributed by atoms with Crippen molar-refractivity contribution in [3.8, 4) is 11.6 Å². The van der Waals surface area contributed by atoms with Crippen molar-refractivity contribution in [1.82, 2.24) is 9.97 Å². The largest absolute Gasteiger partial charge is 0.495 e. The van der Waals surface area contributed by atoms with Crippen LogP contribution in [0.1, 0.15) is 17.4 Å². The third-order valence-electron chi connectivity index (χ3n) is 2.58. The maximum Gasteiger partial charge on any atom is 0.274 e. The monoisotopic (exact) mass is 307 g/mol.